The van der Waals surface area contributed by atoms with Crippen molar-refractivity contribution < 1.29 is 27.9 Å². The number of carbonyl (C=O) groups is 2. The van der Waals surface area contributed by atoms with E-state index in [0.717, 1.165) is 33.6 Å². The van der Waals surface area contributed by atoms with E-state index in [2.05, 4.69) is 20.4 Å². The standard InChI is InChI=1S/C35H32ClF3N10O4/c1-4-25-29(46-11-13-47(14-12-46)32(52)28-30(51)19(2)40-18-41-28)33(53)49-34(43-31(44-49)21-6-5-20-9-10-45(3)26(20)15-21)48(25)17-27(50)42-24-8-7-22(16-23(24)36)35(37,38)39/h5-10,15-16,18,51H,4,11-14,17H2,1-3H3,(H,42,50). The van der Waals surface area contributed by atoms with Crippen LogP contribution in [-0.4, -0.2) is 81.7 Å². The molecule has 1 fully saturated rings. The second-order valence-electron chi connectivity index (χ2n) is 12.6. The van der Waals surface area contributed by atoms with Crippen LogP contribution < -0.4 is 15.8 Å². The topological polar surface area (TPSA) is 156 Å². The fraction of sp³-hybridized carbons (Fsp3) is 0.286. The number of amides is 2. The Morgan fingerprint density at radius 2 is 1.79 bits per heavy atom. The number of aryl methyl sites for hydroxylation is 2. The number of carbonyl (C=O) groups excluding carboxylic acids is 2. The lowest BCUT2D eigenvalue weighted by molar-refractivity contribution is -0.137. The fourth-order valence-electron chi connectivity index (χ4n) is 6.49. The van der Waals surface area contributed by atoms with E-state index in [-0.39, 0.29) is 77.7 Å². The zero-order chi connectivity index (χ0) is 37.8. The van der Waals surface area contributed by atoms with Crippen molar-refractivity contribution in [1.29, 1.82) is 0 Å². The van der Waals surface area contributed by atoms with E-state index in [4.69, 9.17) is 16.6 Å². The molecule has 1 aliphatic rings. The predicted molar refractivity (Wildman–Crippen MR) is 190 cm³/mol. The van der Waals surface area contributed by atoms with Crippen LogP contribution in [-0.2, 0) is 31.0 Å². The molecule has 0 spiro atoms. The zero-order valence-electron chi connectivity index (χ0n) is 28.6. The number of halogens is 4. The first-order valence-corrected chi connectivity index (χ1v) is 16.9. The van der Waals surface area contributed by atoms with Crippen molar-refractivity contribution >= 4 is 51.5 Å². The molecule has 53 heavy (non-hydrogen) atoms. The van der Waals surface area contributed by atoms with Gasteiger partial charge in [0.1, 0.15) is 18.6 Å². The monoisotopic (exact) mass is 748 g/mol. The third-order valence-corrected chi connectivity index (χ3v) is 9.58. The van der Waals surface area contributed by atoms with Gasteiger partial charge in [-0.05, 0) is 49.1 Å². The molecule has 0 bridgehead atoms. The number of fused-ring (bicyclic) bond motifs is 2. The van der Waals surface area contributed by atoms with E-state index in [9.17, 15) is 32.7 Å². The quantitative estimate of drug-likeness (QED) is 0.237. The summed E-state index contributed by atoms with van der Waals surface area (Å²) < 4.78 is 44.4. The molecule has 0 radical (unpaired) electrons. The highest BCUT2D eigenvalue weighted by molar-refractivity contribution is 6.33. The van der Waals surface area contributed by atoms with Crippen LogP contribution in [0.3, 0.4) is 0 Å². The molecule has 4 aromatic heterocycles. The van der Waals surface area contributed by atoms with Crippen LogP contribution >= 0.6 is 11.6 Å². The smallest absolute Gasteiger partial charge is 0.416 e. The van der Waals surface area contributed by atoms with E-state index in [1.54, 1.807) is 11.5 Å². The van der Waals surface area contributed by atoms with Crippen molar-refractivity contribution in [2.75, 3.05) is 36.4 Å². The Morgan fingerprint density at radius 1 is 1.04 bits per heavy atom. The van der Waals surface area contributed by atoms with Crippen molar-refractivity contribution in [3.8, 4) is 17.1 Å². The van der Waals surface area contributed by atoms with Gasteiger partial charge in [0.25, 0.3) is 11.5 Å². The number of benzene rings is 2. The molecule has 1 saturated heterocycles. The lowest BCUT2D eigenvalue weighted by Gasteiger charge is -2.36. The molecule has 2 amide bonds. The summed E-state index contributed by atoms with van der Waals surface area (Å²) in [5.41, 5.74) is 0.929. The van der Waals surface area contributed by atoms with E-state index in [1.165, 1.54) is 11.2 Å². The number of piperazine rings is 1. The maximum Gasteiger partial charge on any atom is 0.416 e. The average Bonchev–Trinajstić information content (AvgIpc) is 3.75. The molecule has 0 unspecified atom stereocenters. The third kappa shape index (κ3) is 6.52. The number of aromatic nitrogens is 7. The number of anilines is 2. The van der Waals surface area contributed by atoms with Crippen LogP contribution in [0.1, 0.15) is 34.4 Å². The minimum atomic E-state index is -4.62. The molecule has 0 aliphatic carbocycles. The summed E-state index contributed by atoms with van der Waals surface area (Å²) in [5, 5.41) is 18.3. The Kier molecular flexibility index (Phi) is 9.05. The van der Waals surface area contributed by atoms with Gasteiger partial charge in [0, 0.05) is 50.5 Å². The van der Waals surface area contributed by atoms with Gasteiger partial charge in [0.15, 0.2) is 17.3 Å². The number of aromatic hydroxyl groups is 1. The first-order valence-electron chi connectivity index (χ1n) is 16.5. The van der Waals surface area contributed by atoms with E-state index < -0.39 is 35.7 Å². The maximum absolute atomic E-state index is 14.3. The second kappa shape index (κ2) is 13.5. The van der Waals surface area contributed by atoms with Crippen LogP contribution in [0.15, 0.2) is 59.8 Å². The summed E-state index contributed by atoms with van der Waals surface area (Å²) in [6.45, 7) is 3.82. The lowest BCUT2D eigenvalue weighted by Crippen LogP contribution is -2.51. The highest BCUT2D eigenvalue weighted by Crippen LogP contribution is 2.34. The lowest BCUT2D eigenvalue weighted by atomic mass is 10.1. The van der Waals surface area contributed by atoms with Crippen molar-refractivity contribution in [1.82, 2.24) is 38.6 Å². The average molecular weight is 749 g/mol. The summed E-state index contributed by atoms with van der Waals surface area (Å²) in [4.78, 5) is 57.2. The Morgan fingerprint density at radius 3 is 2.49 bits per heavy atom. The van der Waals surface area contributed by atoms with E-state index in [0.29, 0.717) is 11.3 Å². The fourth-order valence-corrected chi connectivity index (χ4v) is 6.71. The summed E-state index contributed by atoms with van der Waals surface area (Å²) in [7, 11) is 1.90. The molecule has 0 atom stereocenters. The first-order chi connectivity index (χ1) is 25.2. The van der Waals surface area contributed by atoms with Gasteiger partial charge in [0.05, 0.1) is 27.7 Å². The second-order valence-corrected chi connectivity index (χ2v) is 13.0. The molecule has 7 rings (SSSR count). The molecule has 2 N–H and O–H groups in total. The highest BCUT2D eigenvalue weighted by atomic mass is 35.5. The molecule has 0 saturated carbocycles. The van der Waals surface area contributed by atoms with E-state index in [1.807, 2.05) is 53.9 Å². The Bertz CT molecular complexity index is 2480. The van der Waals surface area contributed by atoms with Gasteiger partial charge in [-0.15, -0.1) is 5.10 Å². The Hall–Kier alpha value is -5.97. The van der Waals surface area contributed by atoms with Gasteiger partial charge in [-0.3, -0.25) is 14.4 Å². The van der Waals surface area contributed by atoms with Crippen molar-refractivity contribution in [3.05, 3.63) is 93.0 Å². The number of alkyl halides is 3. The third-order valence-electron chi connectivity index (χ3n) is 9.27. The molecular formula is C35H32ClF3N10O4. The number of nitrogens with zero attached hydrogens (tertiary/aromatic N) is 9. The SMILES string of the molecule is CCc1c(N2CCN(C(=O)c3ncnc(C)c3O)CC2)c(=O)n2nc(-c3ccc4ccn(C)c4c3)nc2n1CC(=O)Nc1ccc(C(F)(F)F)cc1Cl. The predicted octanol–water partition coefficient (Wildman–Crippen LogP) is 4.69. The van der Waals surface area contributed by atoms with Crippen molar-refractivity contribution in [2.24, 2.45) is 7.05 Å². The van der Waals surface area contributed by atoms with Crippen LogP contribution in [0.2, 0.25) is 5.02 Å². The molecule has 5 heterocycles. The van der Waals surface area contributed by atoms with Crippen molar-refractivity contribution in [3.63, 3.8) is 0 Å². The molecule has 18 heteroatoms. The molecule has 14 nitrogen and oxygen atoms in total. The highest BCUT2D eigenvalue weighted by Gasteiger charge is 2.32. The number of rotatable bonds is 7. The summed E-state index contributed by atoms with van der Waals surface area (Å²) >= 11 is 6.14. The zero-order valence-corrected chi connectivity index (χ0v) is 29.4. The minimum absolute atomic E-state index is 0.0243. The Labute approximate surface area is 304 Å². The Balaban J connectivity index is 1.27. The van der Waals surface area contributed by atoms with Crippen LogP contribution in [0.25, 0.3) is 28.1 Å². The number of hydrogen-bond donors (Lipinski definition) is 2. The first kappa shape index (κ1) is 35.4. The van der Waals surface area contributed by atoms with Crippen LogP contribution in [0, 0.1) is 6.92 Å². The molecular weight excluding hydrogens is 717 g/mol. The number of hydrogen-bond acceptors (Lipinski definition) is 9. The largest absolute Gasteiger partial charge is 0.504 e. The van der Waals surface area contributed by atoms with Gasteiger partial charge in [0.2, 0.25) is 11.7 Å². The minimum Gasteiger partial charge on any atom is -0.504 e. The van der Waals surface area contributed by atoms with Gasteiger partial charge in [-0.25, -0.2) is 9.97 Å². The molecule has 2 aromatic carbocycles. The summed E-state index contributed by atoms with van der Waals surface area (Å²) in [5.74, 6) is -1.10. The summed E-state index contributed by atoms with van der Waals surface area (Å²) in [6.07, 6.45) is -1.22. The van der Waals surface area contributed by atoms with E-state index >= 15 is 0 Å². The maximum atomic E-state index is 14.3. The molecule has 274 valence electrons. The van der Waals surface area contributed by atoms with Gasteiger partial charge < -0.3 is 29.4 Å². The van der Waals surface area contributed by atoms with Gasteiger partial charge >= 0.3 is 6.18 Å². The summed E-state index contributed by atoms with van der Waals surface area (Å²) in [6, 6.07) is 10.2. The van der Waals surface area contributed by atoms with Crippen LogP contribution in [0.5, 0.6) is 5.75 Å². The number of nitrogens with one attached hydrogen (secondary N) is 1. The van der Waals surface area contributed by atoms with Crippen LogP contribution in [0.4, 0.5) is 24.5 Å². The molecule has 6 aromatic rings. The van der Waals surface area contributed by atoms with Crippen molar-refractivity contribution in [2.45, 2.75) is 33.0 Å². The normalized spacial score (nSPS) is 13.6. The van der Waals surface area contributed by atoms with Gasteiger partial charge in [-0.1, -0.05) is 30.7 Å². The van der Waals surface area contributed by atoms with Gasteiger partial charge in [-0.2, -0.15) is 22.7 Å². The molecule has 1 aliphatic heterocycles.